The second-order valence-corrected chi connectivity index (χ2v) is 4.02. The van der Waals surface area contributed by atoms with Crippen molar-refractivity contribution in [1.82, 2.24) is 5.32 Å². The predicted molar refractivity (Wildman–Crippen MR) is 73.7 cm³/mol. The Morgan fingerprint density at radius 1 is 1.53 bits per heavy atom. The molecule has 0 aliphatic rings. The van der Waals surface area contributed by atoms with Crippen LogP contribution in [0.1, 0.15) is 25.8 Å². The van der Waals surface area contributed by atoms with E-state index in [9.17, 15) is 4.79 Å². The molecular formula is C15H18N2O2. The summed E-state index contributed by atoms with van der Waals surface area (Å²) in [6.07, 6.45) is 4.09. The molecular weight excluding hydrogens is 240 g/mol. The van der Waals surface area contributed by atoms with E-state index in [4.69, 9.17) is 10.00 Å². The number of para-hydroxylation sites is 1. The van der Waals surface area contributed by atoms with Gasteiger partial charge in [-0.2, -0.15) is 5.26 Å². The third kappa shape index (κ3) is 4.84. The molecule has 1 atom stereocenters. The summed E-state index contributed by atoms with van der Waals surface area (Å²) in [5, 5.41) is 11.7. The van der Waals surface area contributed by atoms with Crippen molar-refractivity contribution in [2.45, 2.75) is 26.4 Å². The Bertz CT molecular complexity index is 489. The van der Waals surface area contributed by atoms with Gasteiger partial charge in [-0.15, -0.1) is 0 Å². The predicted octanol–water partition coefficient (Wildman–Crippen LogP) is 2.41. The summed E-state index contributed by atoms with van der Waals surface area (Å²) in [6, 6.07) is 8.90. The number of carbonyl (C=O) groups excluding carboxylic acids is 1. The molecule has 0 saturated carbocycles. The van der Waals surface area contributed by atoms with Crippen molar-refractivity contribution in [2.24, 2.45) is 0 Å². The largest absolute Gasteiger partial charge is 0.480 e. The molecule has 0 heterocycles. The van der Waals surface area contributed by atoms with Gasteiger partial charge in [-0.3, -0.25) is 4.79 Å². The van der Waals surface area contributed by atoms with Gasteiger partial charge in [0.1, 0.15) is 11.8 Å². The Balaban J connectivity index is 2.52. The number of ether oxygens (including phenoxy) is 1. The Labute approximate surface area is 113 Å². The minimum Gasteiger partial charge on any atom is -0.480 e. The zero-order chi connectivity index (χ0) is 14.1. The van der Waals surface area contributed by atoms with E-state index in [2.05, 4.69) is 5.32 Å². The lowest BCUT2D eigenvalue weighted by atomic mass is 10.2. The average Bonchev–Trinajstić information content (AvgIpc) is 2.44. The highest BCUT2D eigenvalue weighted by Gasteiger charge is 2.15. The second-order valence-electron chi connectivity index (χ2n) is 4.02. The summed E-state index contributed by atoms with van der Waals surface area (Å²) in [5.41, 5.74) is 0.427. The van der Waals surface area contributed by atoms with Crippen LogP contribution in [0.3, 0.4) is 0 Å². The molecule has 0 fully saturated rings. The van der Waals surface area contributed by atoms with Crippen LogP contribution in [0.4, 0.5) is 0 Å². The molecule has 0 aromatic heterocycles. The summed E-state index contributed by atoms with van der Waals surface area (Å²) < 4.78 is 5.50. The van der Waals surface area contributed by atoms with Crippen molar-refractivity contribution in [3.63, 3.8) is 0 Å². The van der Waals surface area contributed by atoms with E-state index in [0.717, 1.165) is 6.42 Å². The summed E-state index contributed by atoms with van der Waals surface area (Å²) in [7, 11) is 0. The quantitative estimate of drug-likeness (QED) is 0.629. The minimum absolute atomic E-state index is 0.183. The third-order valence-electron chi connectivity index (χ3n) is 2.53. The Morgan fingerprint density at radius 2 is 2.26 bits per heavy atom. The van der Waals surface area contributed by atoms with E-state index < -0.39 is 6.10 Å². The minimum atomic E-state index is -0.625. The summed E-state index contributed by atoms with van der Waals surface area (Å²) in [5.74, 6) is 0.248. The fourth-order valence-electron chi connectivity index (χ4n) is 1.49. The van der Waals surface area contributed by atoms with Crippen molar-refractivity contribution in [1.29, 1.82) is 5.26 Å². The topological polar surface area (TPSA) is 62.1 Å². The molecule has 0 radical (unpaired) electrons. The number of amides is 1. The molecule has 1 rings (SSSR count). The third-order valence-corrected chi connectivity index (χ3v) is 2.53. The number of allylic oxidation sites excluding steroid dienone is 1. The van der Waals surface area contributed by atoms with Gasteiger partial charge >= 0.3 is 0 Å². The van der Waals surface area contributed by atoms with Crippen molar-refractivity contribution < 1.29 is 9.53 Å². The van der Waals surface area contributed by atoms with Gasteiger partial charge in [0.15, 0.2) is 6.10 Å². The van der Waals surface area contributed by atoms with Crippen molar-refractivity contribution in [3.05, 3.63) is 42.0 Å². The number of nitriles is 1. The number of carbonyl (C=O) groups is 1. The first-order valence-corrected chi connectivity index (χ1v) is 6.23. The van der Waals surface area contributed by atoms with Crippen LogP contribution >= 0.6 is 0 Å². The smallest absolute Gasteiger partial charge is 0.260 e. The van der Waals surface area contributed by atoms with Gasteiger partial charge in [-0.05, 0) is 32.4 Å². The zero-order valence-corrected chi connectivity index (χ0v) is 11.2. The summed E-state index contributed by atoms with van der Waals surface area (Å²) >= 11 is 0. The molecule has 1 unspecified atom stereocenters. The van der Waals surface area contributed by atoms with E-state index in [0.29, 0.717) is 17.9 Å². The molecule has 4 heteroatoms. The Kier molecular flexibility index (Phi) is 6.17. The highest BCUT2D eigenvalue weighted by atomic mass is 16.5. The number of nitrogens with one attached hydrogen (secondary N) is 1. The maximum Gasteiger partial charge on any atom is 0.260 e. The molecule has 0 spiro atoms. The van der Waals surface area contributed by atoms with Crippen molar-refractivity contribution in [2.75, 3.05) is 6.54 Å². The first-order valence-electron chi connectivity index (χ1n) is 6.23. The summed E-state index contributed by atoms with van der Waals surface area (Å²) in [6.45, 7) is 4.18. The van der Waals surface area contributed by atoms with E-state index in [1.807, 2.05) is 25.1 Å². The monoisotopic (exact) mass is 258 g/mol. The zero-order valence-electron chi connectivity index (χ0n) is 11.2. The maximum absolute atomic E-state index is 11.8. The highest BCUT2D eigenvalue weighted by Crippen LogP contribution is 2.17. The van der Waals surface area contributed by atoms with E-state index >= 15 is 0 Å². The SMILES string of the molecule is C/C=C/CCNC(=O)C(C)Oc1ccccc1C#N. The average molecular weight is 258 g/mol. The van der Waals surface area contributed by atoms with Gasteiger partial charge in [-0.1, -0.05) is 24.3 Å². The maximum atomic E-state index is 11.8. The molecule has 0 aliphatic carbocycles. The van der Waals surface area contributed by atoms with Crippen LogP contribution in [0.5, 0.6) is 5.75 Å². The fraction of sp³-hybridized carbons (Fsp3) is 0.333. The molecule has 1 amide bonds. The van der Waals surface area contributed by atoms with Crippen LogP contribution in [0, 0.1) is 11.3 Å². The van der Waals surface area contributed by atoms with E-state index in [-0.39, 0.29) is 5.91 Å². The Morgan fingerprint density at radius 3 is 2.95 bits per heavy atom. The Hall–Kier alpha value is -2.28. The van der Waals surface area contributed by atoms with Crippen molar-refractivity contribution in [3.8, 4) is 11.8 Å². The fourth-order valence-corrected chi connectivity index (χ4v) is 1.49. The molecule has 1 aromatic carbocycles. The number of nitrogens with zero attached hydrogens (tertiary/aromatic N) is 1. The first-order chi connectivity index (χ1) is 9.19. The molecule has 0 aliphatic heterocycles. The second kappa shape index (κ2) is 7.93. The van der Waals surface area contributed by atoms with E-state index in [1.165, 1.54) is 0 Å². The van der Waals surface area contributed by atoms with Crippen LogP contribution in [-0.4, -0.2) is 18.6 Å². The normalized spacial score (nSPS) is 11.8. The number of benzene rings is 1. The number of hydrogen-bond acceptors (Lipinski definition) is 3. The van der Waals surface area contributed by atoms with Crippen LogP contribution in [0.25, 0.3) is 0 Å². The summed E-state index contributed by atoms with van der Waals surface area (Å²) in [4.78, 5) is 11.8. The lowest BCUT2D eigenvalue weighted by Crippen LogP contribution is -2.36. The van der Waals surface area contributed by atoms with Gasteiger partial charge in [0.2, 0.25) is 0 Å². The van der Waals surface area contributed by atoms with Gasteiger partial charge in [0.05, 0.1) is 5.56 Å². The van der Waals surface area contributed by atoms with E-state index in [1.54, 1.807) is 31.2 Å². The molecule has 19 heavy (non-hydrogen) atoms. The molecule has 0 saturated heterocycles. The molecule has 1 aromatic rings. The number of hydrogen-bond donors (Lipinski definition) is 1. The van der Waals surface area contributed by atoms with Crippen LogP contribution in [0.15, 0.2) is 36.4 Å². The highest BCUT2D eigenvalue weighted by molar-refractivity contribution is 5.80. The molecule has 0 bridgehead atoms. The molecule has 1 N–H and O–H groups in total. The van der Waals surface area contributed by atoms with Crippen LogP contribution in [0.2, 0.25) is 0 Å². The van der Waals surface area contributed by atoms with Crippen LogP contribution < -0.4 is 10.1 Å². The van der Waals surface area contributed by atoms with Gasteiger partial charge in [0, 0.05) is 6.54 Å². The lowest BCUT2D eigenvalue weighted by molar-refractivity contribution is -0.127. The molecule has 4 nitrogen and oxygen atoms in total. The van der Waals surface area contributed by atoms with Crippen molar-refractivity contribution >= 4 is 5.91 Å². The standard InChI is InChI=1S/C15H18N2O2/c1-3-4-7-10-17-15(18)12(2)19-14-9-6-5-8-13(14)11-16/h3-6,8-9,12H,7,10H2,1-2H3,(H,17,18)/b4-3+. The number of rotatable bonds is 6. The van der Waals surface area contributed by atoms with Gasteiger partial charge in [-0.25, -0.2) is 0 Å². The first kappa shape index (κ1) is 14.8. The van der Waals surface area contributed by atoms with Crippen LogP contribution in [-0.2, 0) is 4.79 Å². The molecule has 100 valence electrons. The van der Waals surface area contributed by atoms with Gasteiger partial charge < -0.3 is 10.1 Å². The van der Waals surface area contributed by atoms with Gasteiger partial charge in [0.25, 0.3) is 5.91 Å². The lowest BCUT2D eigenvalue weighted by Gasteiger charge is -2.15.